The van der Waals surface area contributed by atoms with Crippen molar-refractivity contribution in [3.63, 3.8) is 0 Å². The molecule has 0 aliphatic carbocycles. The van der Waals surface area contributed by atoms with E-state index >= 15 is 0 Å². The Morgan fingerprint density at radius 3 is 2.72 bits per heavy atom. The third-order valence-corrected chi connectivity index (χ3v) is 4.16. The molecule has 4 N–H and O–H groups in total. The summed E-state index contributed by atoms with van der Waals surface area (Å²) in [7, 11) is 0. The van der Waals surface area contributed by atoms with Crippen LogP contribution in [0.1, 0.15) is 40.0 Å². The van der Waals surface area contributed by atoms with Gasteiger partial charge in [-0.15, -0.1) is 6.58 Å². The molecule has 140 valence electrons. The number of thiocarbonyl (C=S) groups is 1. The highest BCUT2D eigenvalue weighted by atomic mass is 32.1. The molecule has 0 aliphatic rings. The molecule has 1 aromatic rings. The monoisotopic (exact) mass is 367 g/mol. The summed E-state index contributed by atoms with van der Waals surface area (Å²) in [5.74, 6) is 0.574. The van der Waals surface area contributed by atoms with Crippen molar-refractivity contribution in [2.45, 2.75) is 46.6 Å². The number of H-pyrrole nitrogens is 1. The number of aromatic amines is 1. The minimum Gasteiger partial charge on any atom is -0.383 e. The van der Waals surface area contributed by atoms with E-state index in [2.05, 4.69) is 30.7 Å². The fraction of sp³-hybridized carbons (Fsp3) is 0.588. The normalized spacial score (nSPS) is 10.7. The highest BCUT2D eigenvalue weighted by Crippen LogP contribution is 2.19. The van der Waals surface area contributed by atoms with E-state index in [-0.39, 0.29) is 11.5 Å². The Hall–Kier alpha value is -2.09. The van der Waals surface area contributed by atoms with Crippen LogP contribution in [0.3, 0.4) is 0 Å². The highest BCUT2D eigenvalue weighted by Gasteiger charge is 2.21. The molecule has 0 saturated carbocycles. The van der Waals surface area contributed by atoms with Crippen LogP contribution in [0.5, 0.6) is 0 Å². The molecule has 0 bridgehead atoms. The molecule has 0 amide bonds. The van der Waals surface area contributed by atoms with Gasteiger partial charge in [-0.1, -0.05) is 33.3 Å². The van der Waals surface area contributed by atoms with Crippen LogP contribution < -0.4 is 27.2 Å². The molecule has 0 atom stereocenters. The molecule has 0 aliphatic heterocycles. The van der Waals surface area contributed by atoms with Crippen LogP contribution in [-0.2, 0) is 6.54 Å². The van der Waals surface area contributed by atoms with E-state index in [1.54, 1.807) is 11.0 Å². The smallest absolute Gasteiger partial charge is 0.330 e. The molecule has 0 saturated heterocycles. The average Bonchev–Trinajstić information content (AvgIpc) is 2.54. The predicted octanol–water partition coefficient (Wildman–Crippen LogP) is 1.83. The zero-order chi connectivity index (χ0) is 19.0. The van der Waals surface area contributed by atoms with Crippen molar-refractivity contribution in [3.8, 4) is 0 Å². The van der Waals surface area contributed by atoms with E-state index in [9.17, 15) is 9.59 Å². The molecule has 8 heteroatoms. The molecule has 1 aromatic heterocycles. The van der Waals surface area contributed by atoms with E-state index in [0.29, 0.717) is 30.7 Å². The zero-order valence-electron chi connectivity index (χ0n) is 15.3. The first-order chi connectivity index (χ1) is 11.8. The number of nitrogens with two attached hydrogens (primary N) is 1. The van der Waals surface area contributed by atoms with Crippen LogP contribution in [0.2, 0.25) is 0 Å². The Bertz CT molecular complexity index is 708. The fourth-order valence-corrected chi connectivity index (χ4v) is 2.60. The number of nitrogen functional groups attached to an aromatic ring is 1. The molecule has 7 nitrogen and oxygen atoms in total. The lowest BCUT2D eigenvalue weighted by Crippen LogP contribution is -2.46. The van der Waals surface area contributed by atoms with Gasteiger partial charge in [0.05, 0.1) is 0 Å². The first kappa shape index (κ1) is 21.0. The maximum absolute atomic E-state index is 12.5. The number of anilines is 2. The van der Waals surface area contributed by atoms with Gasteiger partial charge in [0, 0.05) is 19.6 Å². The molecule has 0 aromatic carbocycles. The Morgan fingerprint density at radius 2 is 2.16 bits per heavy atom. The van der Waals surface area contributed by atoms with Gasteiger partial charge in [-0.05, 0) is 31.0 Å². The van der Waals surface area contributed by atoms with Crippen LogP contribution in [0.4, 0.5) is 11.5 Å². The Balaban J connectivity index is 3.35. The minimum absolute atomic E-state index is 0.147. The second-order valence-corrected chi connectivity index (χ2v) is 6.69. The lowest BCUT2D eigenvalue weighted by Gasteiger charge is -2.27. The van der Waals surface area contributed by atoms with Crippen molar-refractivity contribution < 1.29 is 0 Å². The molecule has 0 spiro atoms. The Kier molecular flexibility index (Phi) is 8.40. The van der Waals surface area contributed by atoms with Crippen molar-refractivity contribution >= 4 is 28.8 Å². The maximum atomic E-state index is 12.5. The quantitative estimate of drug-likeness (QED) is 0.455. The summed E-state index contributed by atoms with van der Waals surface area (Å²) in [4.78, 5) is 28.6. The van der Waals surface area contributed by atoms with E-state index in [4.69, 9.17) is 18.0 Å². The summed E-state index contributed by atoms with van der Waals surface area (Å²) in [6.07, 6.45) is 4.21. The lowest BCUT2D eigenvalue weighted by molar-refractivity contribution is 0.586. The van der Waals surface area contributed by atoms with Crippen LogP contribution in [0.25, 0.3) is 0 Å². The summed E-state index contributed by atoms with van der Waals surface area (Å²) in [6, 6.07) is 0. The fourth-order valence-electron chi connectivity index (χ4n) is 2.33. The van der Waals surface area contributed by atoms with E-state index in [1.165, 1.54) is 4.57 Å². The van der Waals surface area contributed by atoms with E-state index in [1.807, 2.05) is 6.92 Å². The summed E-state index contributed by atoms with van der Waals surface area (Å²) in [5.41, 5.74) is 5.40. The number of hydrogen-bond donors (Lipinski definition) is 3. The van der Waals surface area contributed by atoms with Gasteiger partial charge in [0.15, 0.2) is 10.8 Å². The molecular formula is C17H29N5O2S. The van der Waals surface area contributed by atoms with Gasteiger partial charge in [0.1, 0.15) is 5.82 Å². The van der Waals surface area contributed by atoms with Crippen molar-refractivity contribution in [2.75, 3.05) is 23.7 Å². The third-order valence-electron chi connectivity index (χ3n) is 3.79. The number of nitrogens with zero attached hydrogens (tertiary/aromatic N) is 2. The molecule has 1 rings (SSSR count). The first-order valence-electron chi connectivity index (χ1n) is 8.62. The second kappa shape index (κ2) is 10.0. The molecule has 0 radical (unpaired) electrons. The van der Waals surface area contributed by atoms with Crippen LogP contribution >= 0.6 is 12.2 Å². The van der Waals surface area contributed by atoms with Gasteiger partial charge in [0.2, 0.25) is 0 Å². The molecule has 0 unspecified atom stereocenters. The topological polar surface area (TPSA) is 96.2 Å². The summed E-state index contributed by atoms with van der Waals surface area (Å²) in [5, 5.41) is 3.42. The maximum Gasteiger partial charge on any atom is 0.330 e. The first-order valence-corrected chi connectivity index (χ1v) is 9.03. The van der Waals surface area contributed by atoms with Crippen LogP contribution in [0, 0.1) is 5.92 Å². The van der Waals surface area contributed by atoms with Gasteiger partial charge in [-0.25, -0.2) is 4.79 Å². The summed E-state index contributed by atoms with van der Waals surface area (Å²) < 4.78 is 1.40. The number of unbranched alkanes of at least 4 members (excludes halogenated alkanes) is 1. The number of rotatable bonds is 9. The molecule has 25 heavy (non-hydrogen) atoms. The predicted molar refractivity (Wildman–Crippen MR) is 108 cm³/mol. The molecule has 1 heterocycles. The van der Waals surface area contributed by atoms with E-state index < -0.39 is 11.2 Å². The average molecular weight is 368 g/mol. The summed E-state index contributed by atoms with van der Waals surface area (Å²) >= 11 is 5.43. The van der Waals surface area contributed by atoms with E-state index in [0.717, 1.165) is 19.3 Å². The number of hydrogen-bond acceptors (Lipinski definition) is 4. The van der Waals surface area contributed by atoms with Crippen molar-refractivity contribution in [1.29, 1.82) is 0 Å². The Morgan fingerprint density at radius 1 is 1.48 bits per heavy atom. The van der Waals surface area contributed by atoms with Gasteiger partial charge >= 0.3 is 5.69 Å². The van der Waals surface area contributed by atoms with Crippen LogP contribution in [-0.4, -0.2) is 27.8 Å². The van der Waals surface area contributed by atoms with Gasteiger partial charge in [0.25, 0.3) is 5.56 Å². The highest BCUT2D eigenvalue weighted by molar-refractivity contribution is 7.80. The number of aromatic nitrogens is 2. The van der Waals surface area contributed by atoms with Crippen molar-refractivity contribution in [2.24, 2.45) is 5.92 Å². The third kappa shape index (κ3) is 5.74. The molecule has 0 fully saturated rings. The summed E-state index contributed by atoms with van der Waals surface area (Å²) in [6.45, 7) is 11.3. The largest absolute Gasteiger partial charge is 0.383 e. The van der Waals surface area contributed by atoms with Gasteiger partial charge in [-0.3, -0.25) is 14.3 Å². The van der Waals surface area contributed by atoms with Crippen molar-refractivity contribution in [3.05, 3.63) is 33.5 Å². The van der Waals surface area contributed by atoms with Crippen molar-refractivity contribution in [1.82, 2.24) is 14.9 Å². The lowest BCUT2D eigenvalue weighted by atomic mass is 10.1. The second-order valence-electron chi connectivity index (χ2n) is 6.31. The zero-order valence-corrected chi connectivity index (χ0v) is 16.1. The SMILES string of the molecule is C=CCNC(=S)N(CCC(C)C)c1c(N)n(CCCC)c(=O)[nH]c1=O. The van der Waals surface area contributed by atoms with Gasteiger partial charge in [-0.2, -0.15) is 0 Å². The van der Waals surface area contributed by atoms with Crippen LogP contribution in [0.15, 0.2) is 22.2 Å². The molecular weight excluding hydrogens is 338 g/mol. The van der Waals surface area contributed by atoms with Gasteiger partial charge < -0.3 is 16.0 Å². The Labute approximate surface area is 153 Å². The standard InChI is InChI=1S/C17H29N5O2S/c1-5-7-10-22-14(18)13(15(23)20-16(22)24)21(11-8-12(3)4)17(25)19-9-6-2/h6,12H,2,5,7-11,18H2,1,3-4H3,(H,19,25)(H,20,23,24). The minimum atomic E-state index is -0.526. The number of nitrogens with one attached hydrogen (secondary N) is 2.